The summed E-state index contributed by atoms with van der Waals surface area (Å²) in [5.41, 5.74) is 1.23. The molecule has 3 saturated carbocycles. The molecule has 3 aliphatic carbocycles. The Balaban J connectivity index is 1.20. The Morgan fingerprint density at radius 3 is 2.73 bits per heavy atom. The van der Waals surface area contributed by atoms with Crippen LogP contribution in [0, 0.1) is 17.8 Å². The number of halogens is 1. The summed E-state index contributed by atoms with van der Waals surface area (Å²) in [6.45, 7) is 3.42. The molecule has 8 nitrogen and oxygen atoms in total. The van der Waals surface area contributed by atoms with Crippen LogP contribution in [-0.2, 0) is 20.7 Å². The molecule has 5 fully saturated rings. The second-order valence-electron chi connectivity index (χ2n) is 13.3. The Bertz CT molecular complexity index is 1160. The Morgan fingerprint density at radius 1 is 1.10 bits per heavy atom. The third kappa shape index (κ3) is 5.01. The molecule has 9 heteroatoms. The number of carbonyl (C=O) groups excluding carboxylic acids is 2. The van der Waals surface area contributed by atoms with Gasteiger partial charge in [-0.15, -0.1) is 0 Å². The summed E-state index contributed by atoms with van der Waals surface area (Å²) in [5.74, 6) is 0.226. The highest BCUT2D eigenvalue weighted by atomic mass is 19.1. The van der Waals surface area contributed by atoms with E-state index in [9.17, 15) is 9.59 Å². The lowest BCUT2D eigenvalue weighted by molar-refractivity contribution is -0.215. The van der Waals surface area contributed by atoms with Crippen molar-refractivity contribution in [3.05, 3.63) is 41.9 Å². The third-order valence-electron chi connectivity index (χ3n) is 11.0. The fourth-order valence-corrected chi connectivity index (χ4v) is 8.89. The van der Waals surface area contributed by atoms with Gasteiger partial charge >= 0.3 is 0 Å². The summed E-state index contributed by atoms with van der Waals surface area (Å²) >= 11 is 0. The van der Waals surface area contributed by atoms with Gasteiger partial charge in [-0.3, -0.25) is 14.6 Å². The second kappa shape index (κ2) is 11.4. The van der Waals surface area contributed by atoms with Crippen molar-refractivity contribution in [2.24, 2.45) is 17.8 Å². The number of hydrogen-bond acceptors (Lipinski definition) is 7. The first-order valence-electron chi connectivity index (χ1n) is 15.9. The number of amides is 1. The van der Waals surface area contributed by atoms with Gasteiger partial charge in [0.25, 0.3) is 5.91 Å². The minimum absolute atomic E-state index is 0.00826. The van der Waals surface area contributed by atoms with Gasteiger partial charge in [0.2, 0.25) is 0 Å². The number of likely N-dealkylation sites (N-methyl/N-ethyl adjacent to an activating group) is 1. The highest BCUT2D eigenvalue weighted by Crippen LogP contribution is 2.51. The Morgan fingerprint density at radius 2 is 1.93 bits per heavy atom. The normalized spacial score (nSPS) is 38.9. The Hall–Kier alpha value is -2.36. The van der Waals surface area contributed by atoms with Gasteiger partial charge in [0.05, 0.1) is 35.9 Å². The van der Waals surface area contributed by atoms with Crippen molar-refractivity contribution in [3.8, 4) is 0 Å². The van der Waals surface area contributed by atoms with Crippen LogP contribution in [0.4, 0.5) is 4.39 Å². The van der Waals surface area contributed by atoms with Gasteiger partial charge in [-0.05, 0) is 56.7 Å². The molecule has 9 atom stereocenters. The molecule has 3 aliphatic heterocycles. The minimum Gasteiger partial charge on any atom is -0.369 e. The summed E-state index contributed by atoms with van der Waals surface area (Å²) < 4.78 is 23.0. The van der Waals surface area contributed by atoms with Crippen LogP contribution in [0.1, 0.15) is 50.6 Å². The number of pyridine rings is 1. The van der Waals surface area contributed by atoms with Crippen molar-refractivity contribution in [2.75, 3.05) is 39.8 Å². The average molecular weight is 566 g/mol. The van der Waals surface area contributed by atoms with Gasteiger partial charge in [-0.2, -0.15) is 0 Å². The van der Waals surface area contributed by atoms with Crippen LogP contribution in [0.15, 0.2) is 36.2 Å². The molecule has 2 saturated heterocycles. The monoisotopic (exact) mass is 565 g/mol. The lowest BCUT2D eigenvalue weighted by atomic mass is 9.63. The summed E-state index contributed by atoms with van der Waals surface area (Å²) in [7, 11) is 2.05. The molecule has 41 heavy (non-hydrogen) atoms. The number of ether oxygens (including phenoxy) is 1. The number of aromatic nitrogens is 1. The number of carbonyl (C=O) groups is 2. The molecule has 1 N–H and O–H groups in total. The van der Waals surface area contributed by atoms with Gasteiger partial charge in [0.15, 0.2) is 5.78 Å². The molecule has 0 spiro atoms. The van der Waals surface area contributed by atoms with Crippen molar-refractivity contribution in [1.82, 2.24) is 25.0 Å². The van der Waals surface area contributed by atoms with E-state index in [4.69, 9.17) is 4.74 Å². The van der Waals surface area contributed by atoms with Gasteiger partial charge in [-0.25, -0.2) is 4.39 Å². The fourth-order valence-electron chi connectivity index (χ4n) is 8.89. The molecular formula is C32H44FN5O3. The number of alkyl halides is 1. The van der Waals surface area contributed by atoms with Gasteiger partial charge in [-0.1, -0.05) is 25.3 Å². The first-order chi connectivity index (χ1) is 20.0. The molecule has 1 aromatic rings. The highest BCUT2D eigenvalue weighted by Gasteiger charge is 2.60. The quantitative estimate of drug-likeness (QED) is 0.550. The maximum Gasteiger partial charge on any atom is 0.259 e. The number of nitrogens with one attached hydrogen (secondary N) is 1. The number of nitrogens with zero attached hydrogens (tertiary/aromatic N) is 4. The number of piperazine rings is 1. The smallest absolute Gasteiger partial charge is 0.259 e. The molecule has 1 aromatic heterocycles. The van der Waals surface area contributed by atoms with E-state index in [-0.39, 0.29) is 41.9 Å². The van der Waals surface area contributed by atoms with Crippen LogP contribution >= 0.6 is 0 Å². The topological polar surface area (TPSA) is 78.0 Å². The van der Waals surface area contributed by atoms with E-state index in [1.54, 1.807) is 6.20 Å². The van der Waals surface area contributed by atoms with Crippen LogP contribution in [0.25, 0.3) is 0 Å². The third-order valence-corrected chi connectivity index (χ3v) is 11.0. The van der Waals surface area contributed by atoms with Gasteiger partial charge < -0.3 is 24.8 Å². The molecular weight excluding hydrogens is 521 g/mol. The average Bonchev–Trinajstić information content (AvgIpc) is 3.00. The Labute approximate surface area is 242 Å². The number of hydrogen-bond donors (Lipinski definition) is 1. The number of ketones is 1. The Kier molecular flexibility index (Phi) is 7.62. The summed E-state index contributed by atoms with van der Waals surface area (Å²) in [5, 5.41) is 3.49. The summed E-state index contributed by atoms with van der Waals surface area (Å²) in [6.07, 6.45) is 9.86. The molecule has 1 amide bonds. The molecule has 6 aliphatic rings. The first-order valence-corrected chi connectivity index (χ1v) is 15.9. The van der Waals surface area contributed by atoms with Gasteiger partial charge in [0, 0.05) is 63.2 Å². The SMILES string of the molecule is CN1CCN(C(=O)C2=CN3C4C(CCC5CCCCC54)OC4C(NCCc5ccccn5)C(F)CC(C2=O)C43)CC1. The van der Waals surface area contributed by atoms with Crippen molar-refractivity contribution in [1.29, 1.82) is 0 Å². The predicted molar refractivity (Wildman–Crippen MR) is 153 cm³/mol. The molecule has 0 bridgehead atoms. The van der Waals surface area contributed by atoms with E-state index in [1.807, 2.05) is 29.3 Å². The van der Waals surface area contributed by atoms with Crippen LogP contribution in [-0.4, -0.2) is 108 Å². The summed E-state index contributed by atoms with van der Waals surface area (Å²) in [4.78, 5) is 38.7. The molecule has 222 valence electrons. The standard InChI is InChI=1S/C32H44FN5O3/c1-36-14-16-37(17-15-36)32(40)24-19-38-28-22-8-3-2-6-20(22)9-10-26(28)41-31-27(25(33)18-23(29(31)38)30(24)39)35-13-11-21-7-4-5-12-34-21/h4-5,7,12,19-20,22-23,25-29,31,35H,2-3,6,8-11,13-18H2,1H3. The molecule has 0 aromatic carbocycles. The lowest BCUT2D eigenvalue weighted by Crippen LogP contribution is -2.74. The van der Waals surface area contributed by atoms with E-state index in [1.165, 1.54) is 19.3 Å². The zero-order valence-electron chi connectivity index (χ0n) is 24.2. The zero-order valence-corrected chi connectivity index (χ0v) is 24.2. The van der Waals surface area contributed by atoms with Crippen molar-refractivity contribution in [2.45, 2.75) is 87.9 Å². The van der Waals surface area contributed by atoms with Crippen LogP contribution < -0.4 is 5.32 Å². The van der Waals surface area contributed by atoms with E-state index >= 15 is 4.39 Å². The number of Topliss-reactive ketones (excluding diaryl/α,β-unsaturated/α-hetero) is 1. The number of fused-ring (bicyclic) bond motifs is 4. The van der Waals surface area contributed by atoms with E-state index < -0.39 is 24.2 Å². The van der Waals surface area contributed by atoms with E-state index in [2.05, 4.69) is 27.1 Å². The van der Waals surface area contributed by atoms with Crippen LogP contribution in [0.5, 0.6) is 0 Å². The summed E-state index contributed by atoms with van der Waals surface area (Å²) in [6, 6.07) is 5.26. The van der Waals surface area contributed by atoms with E-state index in [0.717, 1.165) is 38.0 Å². The van der Waals surface area contributed by atoms with E-state index in [0.29, 0.717) is 37.9 Å². The highest BCUT2D eigenvalue weighted by molar-refractivity contribution is 6.20. The lowest BCUT2D eigenvalue weighted by Gasteiger charge is -2.62. The molecule has 0 radical (unpaired) electrons. The maximum atomic E-state index is 16.1. The van der Waals surface area contributed by atoms with Gasteiger partial charge in [0.1, 0.15) is 6.17 Å². The molecule has 9 unspecified atom stereocenters. The first kappa shape index (κ1) is 27.5. The van der Waals surface area contributed by atoms with Crippen LogP contribution in [0.3, 0.4) is 0 Å². The zero-order chi connectivity index (χ0) is 28.1. The fraction of sp³-hybridized carbons (Fsp3) is 0.719. The number of morpholine rings is 1. The molecule has 4 heterocycles. The largest absolute Gasteiger partial charge is 0.369 e. The van der Waals surface area contributed by atoms with Crippen LogP contribution in [0.2, 0.25) is 0 Å². The predicted octanol–water partition coefficient (Wildman–Crippen LogP) is 2.59. The number of rotatable bonds is 5. The maximum absolute atomic E-state index is 16.1. The second-order valence-corrected chi connectivity index (χ2v) is 13.3. The van der Waals surface area contributed by atoms with Crippen molar-refractivity contribution >= 4 is 11.7 Å². The molecule has 7 rings (SSSR count). The minimum atomic E-state index is -1.23. The van der Waals surface area contributed by atoms with Crippen molar-refractivity contribution < 1.29 is 18.7 Å². The van der Waals surface area contributed by atoms with Crippen molar-refractivity contribution in [3.63, 3.8) is 0 Å².